The first-order valence-corrected chi connectivity index (χ1v) is 6.50. The van der Waals surface area contributed by atoms with Crippen molar-refractivity contribution in [1.29, 1.82) is 0 Å². The SMILES string of the molecule is Cl.NC1(CNC(=O)c2cccc(I)c2)CCC1. The van der Waals surface area contributed by atoms with Crippen molar-refractivity contribution in [1.82, 2.24) is 5.32 Å². The van der Waals surface area contributed by atoms with Gasteiger partial charge in [-0.25, -0.2) is 0 Å². The highest BCUT2D eigenvalue weighted by molar-refractivity contribution is 14.1. The monoisotopic (exact) mass is 366 g/mol. The van der Waals surface area contributed by atoms with Crippen LogP contribution in [0.15, 0.2) is 24.3 Å². The molecule has 0 saturated heterocycles. The van der Waals surface area contributed by atoms with Crippen LogP contribution in [-0.4, -0.2) is 18.0 Å². The number of carbonyl (C=O) groups excluding carboxylic acids is 1. The Bertz CT molecular complexity index is 407. The first-order valence-electron chi connectivity index (χ1n) is 5.42. The van der Waals surface area contributed by atoms with Gasteiger partial charge in [0.15, 0.2) is 0 Å². The highest BCUT2D eigenvalue weighted by Gasteiger charge is 2.32. The smallest absolute Gasteiger partial charge is 0.251 e. The normalized spacial score (nSPS) is 16.6. The molecule has 2 rings (SSSR count). The van der Waals surface area contributed by atoms with Crippen LogP contribution < -0.4 is 11.1 Å². The number of amides is 1. The van der Waals surface area contributed by atoms with Crippen LogP contribution in [0, 0.1) is 3.57 Å². The van der Waals surface area contributed by atoms with Gasteiger partial charge in [0, 0.05) is 21.2 Å². The summed E-state index contributed by atoms with van der Waals surface area (Å²) >= 11 is 2.20. The van der Waals surface area contributed by atoms with Crippen molar-refractivity contribution >= 4 is 40.9 Å². The number of halogens is 2. The van der Waals surface area contributed by atoms with E-state index in [-0.39, 0.29) is 23.9 Å². The van der Waals surface area contributed by atoms with Crippen molar-refractivity contribution in [3.63, 3.8) is 0 Å². The molecule has 1 amide bonds. The third-order valence-corrected chi connectivity index (χ3v) is 3.71. The van der Waals surface area contributed by atoms with Crippen LogP contribution in [0.25, 0.3) is 0 Å². The zero-order chi connectivity index (χ0) is 11.6. The van der Waals surface area contributed by atoms with Crippen molar-refractivity contribution in [2.24, 2.45) is 5.73 Å². The molecule has 0 aliphatic heterocycles. The van der Waals surface area contributed by atoms with Crippen molar-refractivity contribution in [3.8, 4) is 0 Å². The summed E-state index contributed by atoms with van der Waals surface area (Å²) in [5.41, 5.74) is 6.59. The van der Waals surface area contributed by atoms with Crippen molar-refractivity contribution in [3.05, 3.63) is 33.4 Å². The van der Waals surface area contributed by atoms with Crippen molar-refractivity contribution in [2.45, 2.75) is 24.8 Å². The number of benzene rings is 1. The van der Waals surface area contributed by atoms with Crippen LogP contribution in [0.2, 0.25) is 0 Å². The molecular weight excluding hydrogens is 351 g/mol. The Labute approximate surface area is 121 Å². The molecule has 1 aliphatic rings. The quantitative estimate of drug-likeness (QED) is 0.807. The maximum absolute atomic E-state index is 11.8. The lowest BCUT2D eigenvalue weighted by atomic mass is 9.78. The number of carbonyl (C=O) groups is 1. The standard InChI is InChI=1S/C12H15IN2O.ClH/c13-10-4-1-3-9(7-10)11(16)15-8-12(14)5-2-6-12;/h1,3-4,7H,2,5-6,8,14H2,(H,15,16);1H. The highest BCUT2D eigenvalue weighted by atomic mass is 127. The fourth-order valence-corrected chi connectivity index (χ4v) is 2.34. The lowest BCUT2D eigenvalue weighted by molar-refractivity contribution is 0.0929. The fourth-order valence-electron chi connectivity index (χ4n) is 1.80. The molecule has 1 fully saturated rings. The molecule has 0 aromatic heterocycles. The third kappa shape index (κ3) is 3.82. The largest absolute Gasteiger partial charge is 0.350 e. The van der Waals surface area contributed by atoms with E-state index >= 15 is 0 Å². The number of nitrogens with one attached hydrogen (secondary N) is 1. The molecule has 0 radical (unpaired) electrons. The Kier molecular flexibility index (Phi) is 5.22. The van der Waals surface area contributed by atoms with E-state index in [4.69, 9.17) is 5.73 Å². The fraction of sp³-hybridized carbons (Fsp3) is 0.417. The van der Waals surface area contributed by atoms with Crippen LogP contribution in [0.4, 0.5) is 0 Å². The molecule has 94 valence electrons. The second-order valence-corrected chi connectivity index (χ2v) is 5.65. The van der Waals surface area contributed by atoms with Gasteiger partial charge < -0.3 is 11.1 Å². The number of hydrogen-bond donors (Lipinski definition) is 2. The van der Waals surface area contributed by atoms with Gasteiger partial charge in [0.2, 0.25) is 0 Å². The molecule has 1 aromatic carbocycles. The second-order valence-electron chi connectivity index (χ2n) is 4.41. The third-order valence-electron chi connectivity index (χ3n) is 3.04. The van der Waals surface area contributed by atoms with Gasteiger partial charge >= 0.3 is 0 Å². The molecule has 0 atom stereocenters. The number of nitrogens with two attached hydrogens (primary N) is 1. The van der Waals surface area contributed by atoms with Crippen LogP contribution in [0.5, 0.6) is 0 Å². The van der Waals surface area contributed by atoms with E-state index in [1.807, 2.05) is 24.3 Å². The molecular formula is C12H16ClIN2O. The predicted molar refractivity (Wildman–Crippen MR) is 79.5 cm³/mol. The Morgan fingerprint density at radius 2 is 2.18 bits per heavy atom. The maximum Gasteiger partial charge on any atom is 0.251 e. The minimum absolute atomic E-state index is 0. The Morgan fingerprint density at radius 1 is 1.47 bits per heavy atom. The average Bonchev–Trinajstić information content (AvgIpc) is 2.23. The molecule has 1 aromatic rings. The Hall–Kier alpha value is -0.330. The zero-order valence-corrected chi connectivity index (χ0v) is 12.4. The number of rotatable bonds is 3. The first kappa shape index (κ1) is 14.7. The van der Waals surface area contributed by atoms with E-state index in [1.54, 1.807) is 0 Å². The van der Waals surface area contributed by atoms with Crippen LogP contribution >= 0.6 is 35.0 Å². The molecule has 0 unspecified atom stereocenters. The molecule has 1 saturated carbocycles. The van der Waals surface area contributed by atoms with Gasteiger partial charge in [-0.15, -0.1) is 12.4 Å². The lowest BCUT2D eigenvalue weighted by Crippen LogP contribution is -2.54. The topological polar surface area (TPSA) is 55.1 Å². The Morgan fingerprint density at radius 3 is 2.71 bits per heavy atom. The van der Waals surface area contributed by atoms with Crippen LogP contribution in [-0.2, 0) is 0 Å². The summed E-state index contributed by atoms with van der Waals surface area (Å²) in [6.07, 6.45) is 3.20. The summed E-state index contributed by atoms with van der Waals surface area (Å²) in [6, 6.07) is 7.55. The average molecular weight is 367 g/mol. The van der Waals surface area contributed by atoms with Gasteiger partial charge in [-0.2, -0.15) is 0 Å². The van der Waals surface area contributed by atoms with Gasteiger partial charge in [-0.3, -0.25) is 4.79 Å². The lowest BCUT2D eigenvalue weighted by Gasteiger charge is -2.38. The molecule has 0 spiro atoms. The van der Waals surface area contributed by atoms with Crippen molar-refractivity contribution < 1.29 is 4.79 Å². The molecule has 3 nitrogen and oxygen atoms in total. The maximum atomic E-state index is 11.8. The minimum atomic E-state index is -0.155. The van der Waals surface area contributed by atoms with E-state index in [0.29, 0.717) is 12.1 Å². The summed E-state index contributed by atoms with van der Waals surface area (Å²) < 4.78 is 1.07. The summed E-state index contributed by atoms with van der Waals surface area (Å²) in [7, 11) is 0. The van der Waals surface area contributed by atoms with Gasteiger partial charge in [-0.05, 0) is 60.1 Å². The molecule has 17 heavy (non-hydrogen) atoms. The molecule has 0 bridgehead atoms. The molecule has 0 heterocycles. The molecule has 1 aliphatic carbocycles. The molecule has 3 N–H and O–H groups in total. The van der Waals surface area contributed by atoms with E-state index in [1.165, 1.54) is 6.42 Å². The summed E-state index contributed by atoms with van der Waals surface area (Å²) in [5, 5.41) is 2.90. The Balaban J connectivity index is 0.00000144. The van der Waals surface area contributed by atoms with Crippen molar-refractivity contribution in [2.75, 3.05) is 6.54 Å². The first-order chi connectivity index (χ1) is 7.59. The highest BCUT2D eigenvalue weighted by Crippen LogP contribution is 2.28. The van der Waals surface area contributed by atoms with Crippen LogP contribution in [0.1, 0.15) is 29.6 Å². The summed E-state index contributed by atoms with van der Waals surface area (Å²) in [6.45, 7) is 0.581. The predicted octanol–water partition coefficient (Wildman–Crippen LogP) is 2.32. The summed E-state index contributed by atoms with van der Waals surface area (Å²) in [4.78, 5) is 11.8. The van der Waals surface area contributed by atoms with Gasteiger partial charge in [-0.1, -0.05) is 6.07 Å². The van der Waals surface area contributed by atoms with Gasteiger partial charge in [0.05, 0.1) is 0 Å². The van der Waals surface area contributed by atoms with E-state index < -0.39 is 0 Å². The van der Waals surface area contributed by atoms with Gasteiger partial charge in [0.1, 0.15) is 0 Å². The second kappa shape index (κ2) is 6.02. The van der Waals surface area contributed by atoms with Crippen LogP contribution in [0.3, 0.4) is 0 Å². The molecule has 5 heteroatoms. The van der Waals surface area contributed by atoms with E-state index in [9.17, 15) is 4.79 Å². The minimum Gasteiger partial charge on any atom is -0.350 e. The van der Waals surface area contributed by atoms with E-state index in [2.05, 4.69) is 27.9 Å². The zero-order valence-electron chi connectivity index (χ0n) is 9.41. The summed E-state index contributed by atoms with van der Waals surface area (Å²) in [5.74, 6) is -0.0322. The number of hydrogen-bond acceptors (Lipinski definition) is 2. The van der Waals surface area contributed by atoms with E-state index in [0.717, 1.165) is 16.4 Å². The van der Waals surface area contributed by atoms with Gasteiger partial charge in [0.25, 0.3) is 5.91 Å².